The van der Waals surface area contributed by atoms with Gasteiger partial charge in [-0.2, -0.15) is 0 Å². The predicted molar refractivity (Wildman–Crippen MR) is 83.7 cm³/mol. The van der Waals surface area contributed by atoms with E-state index >= 15 is 0 Å². The third-order valence-electron chi connectivity index (χ3n) is 2.90. The number of hydrogen-bond acceptors (Lipinski definition) is 4. The van der Waals surface area contributed by atoms with E-state index in [2.05, 4.69) is 17.2 Å². The van der Waals surface area contributed by atoms with Gasteiger partial charge in [0.2, 0.25) is 11.8 Å². The molecule has 5 nitrogen and oxygen atoms in total. The summed E-state index contributed by atoms with van der Waals surface area (Å²) in [5.41, 5.74) is 0.760. The average molecular weight is 306 g/mol. The largest absolute Gasteiger partial charge is 0.494 e. The van der Waals surface area contributed by atoms with Crippen molar-refractivity contribution in [3.63, 3.8) is 0 Å². The van der Waals surface area contributed by atoms with E-state index in [0.717, 1.165) is 16.3 Å². The average Bonchev–Trinajstić information content (AvgIpc) is 2.46. The van der Waals surface area contributed by atoms with E-state index in [4.69, 9.17) is 4.74 Å². The van der Waals surface area contributed by atoms with Gasteiger partial charge in [-0.05, 0) is 25.1 Å². The zero-order chi connectivity index (χ0) is 15.2. The Balaban J connectivity index is 2.07. The Kier molecular flexibility index (Phi) is 5.27. The van der Waals surface area contributed by atoms with Crippen molar-refractivity contribution >= 4 is 29.3 Å². The van der Waals surface area contributed by atoms with Crippen LogP contribution in [-0.2, 0) is 9.59 Å². The minimum atomic E-state index is -0.431. The number of fused-ring (bicyclic) bond motifs is 1. The zero-order valence-corrected chi connectivity index (χ0v) is 12.7. The van der Waals surface area contributed by atoms with Crippen molar-refractivity contribution in [1.82, 2.24) is 5.32 Å². The van der Waals surface area contributed by atoms with E-state index < -0.39 is 5.25 Å². The van der Waals surface area contributed by atoms with Crippen LogP contribution in [0.1, 0.15) is 13.3 Å². The third-order valence-corrected chi connectivity index (χ3v) is 4.15. The minimum absolute atomic E-state index is 0.142. The second kappa shape index (κ2) is 7.17. The van der Waals surface area contributed by atoms with Crippen molar-refractivity contribution < 1.29 is 14.3 Å². The number of rotatable bonds is 6. The van der Waals surface area contributed by atoms with Crippen LogP contribution in [0.15, 0.2) is 35.7 Å². The fourth-order valence-electron chi connectivity index (χ4n) is 1.94. The first kappa shape index (κ1) is 15.4. The number of hydrogen-bond donors (Lipinski definition) is 2. The smallest absolute Gasteiger partial charge is 0.238 e. The molecule has 21 heavy (non-hydrogen) atoms. The van der Waals surface area contributed by atoms with Crippen molar-refractivity contribution in [3.8, 4) is 5.75 Å². The van der Waals surface area contributed by atoms with Crippen molar-refractivity contribution in [2.75, 3.05) is 18.5 Å². The number of anilines is 1. The summed E-state index contributed by atoms with van der Waals surface area (Å²) in [6.07, 6.45) is 1.75. The van der Waals surface area contributed by atoms with Crippen molar-refractivity contribution in [2.45, 2.75) is 23.5 Å². The van der Waals surface area contributed by atoms with E-state index in [1.807, 2.05) is 25.1 Å². The number of benzene rings is 1. The van der Waals surface area contributed by atoms with Crippen molar-refractivity contribution in [3.05, 3.63) is 30.9 Å². The fraction of sp³-hybridized carbons (Fsp3) is 0.333. The van der Waals surface area contributed by atoms with Gasteiger partial charge in [0.15, 0.2) is 0 Å². The lowest BCUT2D eigenvalue weighted by Gasteiger charge is -2.24. The van der Waals surface area contributed by atoms with E-state index in [0.29, 0.717) is 13.2 Å². The van der Waals surface area contributed by atoms with Gasteiger partial charge in [0, 0.05) is 17.9 Å². The molecular weight excluding hydrogens is 288 g/mol. The summed E-state index contributed by atoms with van der Waals surface area (Å²) in [4.78, 5) is 24.7. The summed E-state index contributed by atoms with van der Waals surface area (Å²) in [5.74, 6) is 0.451. The van der Waals surface area contributed by atoms with Crippen molar-refractivity contribution in [1.29, 1.82) is 0 Å². The van der Waals surface area contributed by atoms with Gasteiger partial charge in [0.05, 0.1) is 17.5 Å². The Hall–Kier alpha value is -1.95. The number of thioether (sulfide) groups is 1. The molecule has 0 spiro atoms. The third kappa shape index (κ3) is 4.01. The Morgan fingerprint density at radius 2 is 2.38 bits per heavy atom. The quantitative estimate of drug-likeness (QED) is 0.791. The number of ether oxygens (including phenoxy) is 1. The summed E-state index contributed by atoms with van der Waals surface area (Å²) < 4.78 is 5.45. The molecule has 2 rings (SSSR count). The van der Waals surface area contributed by atoms with Gasteiger partial charge in [0.25, 0.3) is 0 Å². The number of carbonyl (C=O) groups excluding carboxylic acids is 2. The van der Waals surface area contributed by atoms with Gasteiger partial charge in [-0.15, -0.1) is 18.3 Å². The normalized spacial score (nSPS) is 16.6. The highest BCUT2D eigenvalue weighted by Gasteiger charge is 2.29. The molecule has 6 heteroatoms. The van der Waals surface area contributed by atoms with Gasteiger partial charge >= 0.3 is 0 Å². The molecule has 0 saturated heterocycles. The lowest BCUT2D eigenvalue weighted by Crippen LogP contribution is -2.34. The summed E-state index contributed by atoms with van der Waals surface area (Å²) >= 11 is 1.39. The Labute approximate surface area is 128 Å². The first-order valence-corrected chi connectivity index (χ1v) is 7.64. The topological polar surface area (TPSA) is 67.4 Å². The van der Waals surface area contributed by atoms with Crippen LogP contribution in [0, 0.1) is 0 Å². The molecular formula is C15H18N2O3S. The lowest BCUT2D eigenvalue weighted by molar-refractivity contribution is -0.123. The van der Waals surface area contributed by atoms with Gasteiger partial charge in [-0.3, -0.25) is 9.59 Å². The summed E-state index contributed by atoms with van der Waals surface area (Å²) in [6, 6.07) is 5.52. The van der Waals surface area contributed by atoms with Crippen LogP contribution in [0.4, 0.5) is 5.69 Å². The maximum absolute atomic E-state index is 12.0. The molecule has 0 saturated carbocycles. The van der Waals surface area contributed by atoms with Crippen LogP contribution in [0.3, 0.4) is 0 Å². The highest BCUT2D eigenvalue weighted by atomic mass is 32.2. The van der Waals surface area contributed by atoms with Crippen LogP contribution in [-0.4, -0.2) is 30.2 Å². The molecule has 0 bridgehead atoms. The standard InChI is InChI=1S/C15H18N2O3S/c1-3-7-16-14(18)9-13-15(19)17-11-6-5-10(20-4-2)8-12(11)21-13/h3,5-6,8,13H,1,4,7,9H2,2H3,(H,16,18)(H,17,19)/t13-/m1/s1. The maximum Gasteiger partial charge on any atom is 0.238 e. The van der Waals surface area contributed by atoms with Gasteiger partial charge in [0.1, 0.15) is 5.75 Å². The Morgan fingerprint density at radius 1 is 1.57 bits per heavy atom. The van der Waals surface area contributed by atoms with E-state index in [9.17, 15) is 9.59 Å². The number of amides is 2. The SMILES string of the molecule is C=CCNC(=O)C[C@H]1Sc2cc(OCC)ccc2NC1=O. The molecule has 1 aliphatic heterocycles. The van der Waals surface area contributed by atoms with Crippen LogP contribution in [0.2, 0.25) is 0 Å². The summed E-state index contributed by atoms with van der Waals surface area (Å²) in [7, 11) is 0. The molecule has 1 aliphatic rings. The van der Waals surface area contributed by atoms with Crippen LogP contribution in [0.25, 0.3) is 0 Å². The van der Waals surface area contributed by atoms with Crippen LogP contribution < -0.4 is 15.4 Å². The molecule has 2 N–H and O–H groups in total. The minimum Gasteiger partial charge on any atom is -0.494 e. The Morgan fingerprint density at radius 3 is 3.10 bits per heavy atom. The highest BCUT2D eigenvalue weighted by molar-refractivity contribution is 8.01. The first-order chi connectivity index (χ1) is 10.1. The van der Waals surface area contributed by atoms with E-state index in [-0.39, 0.29) is 18.2 Å². The molecule has 1 heterocycles. The first-order valence-electron chi connectivity index (χ1n) is 6.76. The molecule has 0 radical (unpaired) electrons. The molecule has 0 fully saturated rings. The maximum atomic E-state index is 12.0. The zero-order valence-electron chi connectivity index (χ0n) is 11.8. The van der Waals surface area contributed by atoms with Gasteiger partial charge in [-0.25, -0.2) is 0 Å². The highest BCUT2D eigenvalue weighted by Crippen LogP contribution is 2.39. The number of carbonyl (C=O) groups is 2. The second-order valence-corrected chi connectivity index (χ2v) is 5.73. The fourth-order valence-corrected chi connectivity index (χ4v) is 3.08. The number of nitrogens with one attached hydrogen (secondary N) is 2. The monoisotopic (exact) mass is 306 g/mol. The lowest BCUT2D eigenvalue weighted by atomic mass is 10.2. The molecule has 0 unspecified atom stereocenters. The predicted octanol–water partition coefficient (Wildman–Crippen LogP) is 2.19. The van der Waals surface area contributed by atoms with E-state index in [1.54, 1.807) is 6.08 Å². The second-order valence-electron chi connectivity index (χ2n) is 4.48. The molecule has 1 aromatic carbocycles. The molecule has 0 aromatic heterocycles. The molecule has 1 aromatic rings. The Bertz CT molecular complexity index is 560. The van der Waals surface area contributed by atoms with Crippen molar-refractivity contribution in [2.24, 2.45) is 0 Å². The molecule has 0 aliphatic carbocycles. The van der Waals surface area contributed by atoms with Gasteiger partial charge in [-0.1, -0.05) is 6.08 Å². The van der Waals surface area contributed by atoms with Crippen LogP contribution in [0.5, 0.6) is 5.75 Å². The van der Waals surface area contributed by atoms with Crippen LogP contribution >= 0.6 is 11.8 Å². The van der Waals surface area contributed by atoms with Gasteiger partial charge < -0.3 is 15.4 Å². The summed E-state index contributed by atoms with van der Waals surface area (Å²) in [6.45, 7) is 6.45. The molecule has 112 valence electrons. The molecule has 2 amide bonds. The molecule has 1 atom stereocenters. The van der Waals surface area contributed by atoms with E-state index in [1.165, 1.54) is 11.8 Å². The summed E-state index contributed by atoms with van der Waals surface area (Å²) in [5, 5.41) is 5.07.